The number of hydrogen-bond acceptors (Lipinski definition) is 3. The molecule has 0 saturated carbocycles. The summed E-state index contributed by atoms with van der Waals surface area (Å²) < 4.78 is 23.8. The van der Waals surface area contributed by atoms with E-state index in [1.807, 2.05) is 6.92 Å². The number of sulfonamides is 1. The first-order chi connectivity index (χ1) is 6.45. The third kappa shape index (κ3) is 2.78. The second-order valence-electron chi connectivity index (χ2n) is 3.76. The number of hydrogen-bond donors (Lipinski definition) is 0. The van der Waals surface area contributed by atoms with Crippen molar-refractivity contribution in [3.05, 3.63) is 0 Å². The van der Waals surface area contributed by atoms with Crippen LogP contribution in [0.25, 0.3) is 0 Å². The van der Waals surface area contributed by atoms with Crippen molar-refractivity contribution < 1.29 is 13.2 Å². The molecule has 1 heterocycles. The fourth-order valence-electron chi connectivity index (χ4n) is 1.80. The molecular formula is C9H17NO3S. The summed E-state index contributed by atoms with van der Waals surface area (Å²) in [5.74, 6) is 0.344. The second-order valence-corrected chi connectivity index (χ2v) is 5.74. The smallest absolute Gasteiger partial charge is 0.211 e. The van der Waals surface area contributed by atoms with Gasteiger partial charge in [-0.1, -0.05) is 6.92 Å². The van der Waals surface area contributed by atoms with Crippen LogP contribution in [0.1, 0.15) is 26.2 Å². The second kappa shape index (κ2) is 4.40. The lowest BCUT2D eigenvalue weighted by Crippen LogP contribution is -2.39. The number of rotatable bonds is 3. The zero-order valence-electron chi connectivity index (χ0n) is 8.69. The van der Waals surface area contributed by atoms with Crippen LogP contribution in [-0.4, -0.2) is 37.9 Å². The van der Waals surface area contributed by atoms with Crippen LogP contribution >= 0.6 is 0 Å². The Bertz CT molecular complexity index is 302. The molecule has 0 amide bonds. The van der Waals surface area contributed by atoms with Crippen molar-refractivity contribution in [2.75, 3.05) is 19.3 Å². The van der Waals surface area contributed by atoms with E-state index in [0.717, 1.165) is 0 Å². The van der Waals surface area contributed by atoms with Gasteiger partial charge in [0.1, 0.15) is 5.78 Å². The van der Waals surface area contributed by atoms with Gasteiger partial charge in [0.25, 0.3) is 0 Å². The highest BCUT2D eigenvalue weighted by Crippen LogP contribution is 2.20. The summed E-state index contributed by atoms with van der Waals surface area (Å²) in [6, 6.07) is 0. The number of carbonyl (C=O) groups is 1. The molecule has 1 aliphatic rings. The molecule has 0 spiro atoms. The Balaban J connectivity index is 2.51. The summed E-state index contributed by atoms with van der Waals surface area (Å²) in [4.78, 5) is 11.4. The summed E-state index contributed by atoms with van der Waals surface area (Å²) in [6.45, 7) is 2.84. The predicted molar refractivity (Wildman–Crippen MR) is 54.4 cm³/mol. The van der Waals surface area contributed by atoms with E-state index in [2.05, 4.69) is 0 Å². The molecule has 0 atom stereocenters. The van der Waals surface area contributed by atoms with Crippen LogP contribution in [0, 0.1) is 5.92 Å². The third-order valence-corrected chi connectivity index (χ3v) is 4.03. The maximum Gasteiger partial charge on any atom is 0.211 e. The van der Waals surface area contributed by atoms with Crippen LogP contribution in [0.4, 0.5) is 0 Å². The average molecular weight is 219 g/mol. The van der Waals surface area contributed by atoms with E-state index in [1.165, 1.54) is 10.6 Å². The minimum Gasteiger partial charge on any atom is -0.299 e. The van der Waals surface area contributed by atoms with Crippen molar-refractivity contribution in [2.24, 2.45) is 5.92 Å². The largest absolute Gasteiger partial charge is 0.299 e. The van der Waals surface area contributed by atoms with Gasteiger partial charge in [-0.25, -0.2) is 12.7 Å². The number of Topliss-reactive ketones (excluding diaryl/α,β-unsaturated/α-hetero) is 1. The van der Waals surface area contributed by atoms with Crippen LogP contribution in [0.5, 0.6) is 0 Å². The molecule has 82 valence electrons. The molecule has 1 fully saturated rings. The van der Waals surface area contributed by atoms with E-state index >= 15 is 0 Å². The Morgan fingerprint density at radius 3 is 2.21 bits per heavy atom. The molecule has 14 heavy (non-hydrogen) atoms. The van der Waals surface area contributed by atoms with E-state index in [0.29, 0.717) is 32.4 Å². The first-order valence-electron chi connectivity index (χ1n) is 4.93. The molecular weight excluding hydrogens is 202 g/mol. The number of nitrogens with zero attached hydrogens (tertiary/aromatic N) is 1. The van der Waals surface area contributed by atoms with Crippen molar-refractivity contribution in [2.45, 2.75) is 26.2 Å². The Hall–Kier alpha value is -0.420. The maximum atomic E-state index is 11.4. The molecule has 0 radical (unpaired) electrons. The Morgan fingerprint density at radius 2 is 1.86 bits per heavy atom. The molecule has 1 saturated heterocycles. The van der Waals surface area contributed by atoms with Gasteiger partial charge in [0, 0.05) is 25.4 Å². The Morgan fingerprint density at radius 1 is 1.36 bits per heavy atom. The number of piperidine rings is 1. The standard InChI is InChI=1S/C9H17NO3S/c1-3-9(11)8-4-6-10(7-5-8)14(2,12)13/h8H,3-7H2,1-2H3. The summed E-state index contributed by atoms with van der Waals surface area (Å²) in [6.07, 6.45) is 3.14. The predicted octanol–water partition coefficient (Wildman–Crippen LogP) is 0.637. The van der Waals surface area contributed by atoms with E-state index in [9.17, 15) is 13.2 Å². The van der Waals surface area contributed by atoms with Gasteiger partial charge in [-0.15, -0.1) is 0 Å². The van der Waals surface area contributed by atoms with Crippen LogP contribution < -0.4 is 0 Å². The van der Waals surface area contributed by atoms with Crippen LogP contribution in [0.2, 0.25) is 0 Å². The number of ketones is 1. The molecule has 1 aliphatic heterocycles. The molecule has 4 nitrogen and oxygen atoms in total. The highest BCUT2D eigenvalue weighted by atomic mass is 32.2. The Labute approximate surface area is 85.3 Å². The normalized spacial score (nSPS) is 21.0. The number of carbonyl (C=O) groups excluding carboxylic acids is 1. The summed E-state index contributed by atoms with van der Waals surface area (Å²) in [5.41, 5.74) is 0. The van der Waals surface area contributed by atoms with Crippen molar-refractivity contribution in [3.8, 4) is 0 Å². The molecule has 0 aromatic heterocycles. The Kier molecular flexibility index (Phi) is 3.66. The quantitative estimate of drug-likeness (QED) is 0.700. The average Bonchev–Trinajstić information content (AvgIpc) is 2.15. The van der Waals surface area contributed by atoms with E-state index in [4.69, 9.17) is 0 Å². The lowest BCUT2D eigenvalue weighted by molar-refractivity contribution is -0.123. The molecule has 0 aliphatic carbocycles. The maximum absolute atomic E-state index is 11.4. The molecule has 1 rings (SSSR count). The summed E-state index contributed by atoms with van der Waals surface area (Å²) >= 11 is 0. The van der Waals surface area contributed by atoms with Gasteiger partial charge in [0.2, 0.25) is 10.0 Å². The highest BCUT2D eigenvalue weighted by Gasteiger charge is 2.27. The fraction of sp³-hybridized carbons (Fsp3) is 0.889. The van der Waals surface area contributed by atoms with Gasteiger partial charge in [-0.05, 0) is 12.8 Å². The van der Waals surface area contributed by atoms with Crippen LogP contribution in [0.3, 0.4) is 0 Å². The summed E-state index contributed by atoms with van der Waals surface area (Å²) in [5, 5.41) is 0. The SMILES string of the molecule is CCC(=O)C1CCN(S(C)(=O)=O)CC1. The molecule has 5 heteroatoms. The first-order valence-corrected chi connectivity index (χ1v) is 6.77. The van der Waals surface area contributed by atoms with Crippen LogP contribution in [-0.2, 0) is 14.8 Å². The van der Waals surface area contributed by atoms with Crippen molar-refractivity contribution >= 4 is 15.8 Å². The fourth-order valence-corrected chi connectivity index (χ4v) is 2.67. The molecule has 0 N–H and O–H groups in total. The lowest BCUT2D eigenvalue weighted by atomic mass is 9.92. The minimum atomic E-state index is -3.06. The molecule has 0 aromatic rings. The first kappa shape index (κ1) is 11.7. The lowest BCUT2D eigenvalue weighted by Gasteiger charge is -2.29. The van der Waals surface area contributed by atoms with Gasteiger partial charge in [0.15, 0.2) is 0 Å². The zero-order valence-corrected chi connectivity index (χ0v) is 9.51. The van der Waals surface area contributed by atoms with Gasteiger partial charge in [-0.2, -0.15) is 0 Å². The van der Waals surface area contributed by atoms with E-state index in [-0.39, 0.29) is 11.7 Å². The molecule has 0 aromatic carbocycles. The minimum absolute atomic E-state index is 0.0815. The van der Waals surface area contributed by atoms with Crippen LogP contribution in [0.15, 0.2) is 0 Å². The molecule has 0 unspecified atom stereocenters. The van der Waals surface area contributed by atoms with Crippen molar-refractivity contribution in [3.63, 3.8) is 0 Å². The van der Waals surface area contributed by atoms with Gasteiger partial charge in [-0.3, -0.25) is 4.79 Å². The zero-order chi connectivity index (χ0) is 10.8. The molecule has 0 bridgehead atoms. The monoisotopic (exact) mass is 219 g/mol. The topological polar surface area (TPSA) is 54.5 Å². The van der Waals surface area contributed by atoms with Gasteiger partial charge < -0.3 is 0 Å². The van der Waals surface area contributed by atoms with Gasteiger partial charge in [0.05, 0.1) is 6.26 Å². The van der Waals surface area contributed by atoms with Crippen molar-refractivity contribution in [1.82, 2.24) is 4.31 Å². The van der Waals surface area contributed by atoms with Crippen molar-refractivity contribution in [1.29, 1.82) is 0 Å². The van der Waals surface area contributed by atoms with E-state index in [1.54, 1.807) is 0 Å². The van der Waals surface area contributed by atoms with E-state index < -0.39 is 10.0 Å². The highest BCUT2D eigenvalue weighted by molar-refractivity contribution is 7.88. The van der Waals surface area contributed by atoms with Gasteiger partial charge >= 0.3 is 0 Å². The summed E-state index contributed by atoms with van der Waals surface area (Å²) in [7, 11) is -3.06. The third-order valence-electron chi connectivity index (χ3n) is 2.73.